The summed E-state index contributed by atoms with van der Waals surface area (Å²) in [6, 6.07) is 8.34. The summed E-state index contributed by atoms with van der Waals surface area (Å²) < 4.78 is 2.06. The molecule has 2 rings (SSSR count). The Labute approximate surface area is 113 Å². The van der Waals surface area contributed by atoms with Gasteiger partial charge in [0.1, 0.15) is 5.82 Å². The molecule has 2 aromatic rings. The fourth-order valence-electron chi connectivity index (χ4n) is 1.93. The van der Waals surface area contributed by atoms with Crippen LogP contribution in [-0.2, 0) is 12.3 Å². The lowest BCUT2D eigenvalue weighted by molar-refractivity contribution is 0.611. The minimum Gasteiger partial charge on any atom is -0.282 e. The summed E-state index contributed by atoms with van der Waals surface area (Å²) in [5.41, 5.74) is 2.32. The fraction of sp³-hybridized carbons (Fsp3) is 0.429. The van der Waals surface area contributed by atoms with Crippen molar-refractivity contribution < 1.29 is 0 Å². The number of nitrogens with zero attached hydrogens (tertiary/aromatic N) is 3. The first kappa shape index (κ1) is 13.1. The van der Waals surface area contributed by atoms with Crippen LogP contribution in [0.15, 0.2) is 24.3 Å². The highest BCUT2D eigenvalue weighted by molar-refractivity contribution is 6.16. The molecule has 0 aliphatic heterocycles. The molecule has 0 saturated carbocycles. The number of hydrogen-bond acceptors (Lipinski definition) is 2. The zero-order valence-electron chi connectivity index (χ0n) is 11.0. The van der Waals surface area contributed by atoms with E-state index in [1.807, 2.05) is 0 Å². The number of aromatic nitrogens is 3. The van der Waals surface area contributed by atoms with Crippen LogP contribution in [0.5, 0.6) is 0 Å². The lowest BCUT2D eigenvalue weighted by Crippen LogP contribution is -2.07. The second-order valence-corrected chi connectivity index (χ2v) is 5.20. The average Bonchev–Trinajstić information content (AvgIpc) is 2.72. The van der Waals surface area contributed by atoms with Gasteiger partial charge in [-0.05, 0) is 25.0 Å². The van der Waals surface area contributed by atoms with Gasteiger partial charge in [-0.2, -0.15) is 0 Å². The molecule has 0 unspecified atom stereocenters. The van der Waals surface area contributed by atoms with Gasteiger partial charge in [-0.3, -0.25) is 4.57 Å². The molecule has 0 spiro atoms. The SMILES string of the molecule is Cc1ccc(-n2c(CCl)nnc2CC(C)C)cc1. The largest absolute Gasteiger partial charge is 0.282 e. The number of aryl methyl sites for hydroxylation is 1. The maximum atomic E-state index is 5.94. The third kappa shape index (κ3) is 2.72. The molecule has 18 heavy (non-hydrogen) atoms. The molecule has 0 aliphatic rings. The van der Waals surface area contributed by atoms with Gasteiger partial charge in [-0.1, -0.05) is 31.5 Å². The van der Waals surface area contributed by atoms with Gasteiger partial charge < -0.3 is 0 Å². The molecule has 1 aromatic carbocycles. The summed E-state index contributed by atoms with van der Waals surface area (Å²) >= 11 is 5.94. The highest BCUT2D eigenvalue weighted by atomic mass is 35.5. The molecular formula is C14H18ClN3. The molecule has 1 heterocycles. The number of rotatable bonds is 4. The lowest BCUT2D eigenvalue weighted by Gasteiger charge is -2.11. The summed E-state index contributed by atoms with van der Waals surface area (Å²) in [6.45, 7) is 6.43. The quantitative estimate of drug-likeness (QED) is 0.791. The van der Waals surface area contributed by atoms with E-state index in [9.17, 15) is 0 Å². The van der Waals surface area contributed by atoms with Crippen molar-refractivity contribution in [1.29, 1.82) is 0 Å². The van der Waals surface area contributed by atoms with Crippen LogP contribution in [0.3, 0.4) is 0 Å². The van der Waals surface area contributed by atoms with Gasteiger partial charge in [0.25, 0.3) is 0 Å². The summed E-state index contributed by atoms with van der Waals surface area (Å²) in [7, 11) is 0. The number of hydrogen-bond donors (Lipinski definition) is 0. The average molecular weight is 264 g/mol. The highest BCUT2D eigenvalue weighted by Crippen LogP contribution is 2.17. The van der Waals surface area contributed by atoms with Crippen molar-refractivity contribution in [2.24, 2.45) is 5.92 Å². The highest BCUT2D eigenvalue weighted by Gasteiger charge is 2.13. The first-order valence-corrected chi connectivity index (χ1v) is 6.71. The van der Waals surface area contributed by atoms with E-state index < -0.39 is 0 Å². The smallest absolute Gasteiger partial charge is 0.152 e. The molecule has 96 valence electrons. The number of alkyl halides is 1. The van der Waals surface area contributed by atoms with Crippen molar-refractivity contribution in [2.45, 2.75) is 33.1 Å². The molecule has 0 radical (unpaired) electrons. The summed E-state index contributed by atoms with van der Waals surface area (Å²) in [4.78, 5) is 0. The first-order chi connectivity index (χ1) is 8.61. The molecule has 0 amide bonds. The van der Waals surface area contributed by atoms with Crippen LogP contribution in [0.2, 0.25) is 0 Å². The van der Waals surface area contributed by atoms with Crippen molar-refractivity contribution in [3.05, 3.63) is 41.5 Å². The van der Waals surface area contributed by atoms with E-state index in [4.69, 9.17) is 11.6 Å². The van der Waals surface area contributed by atoms with Gasteiger partial charge in [0, 0.05) is 12.1 Å². The van der Waals surface area contributed by atoms with Gasteiger partial charge >= 0.3 is 0 Å². The molecule has 0 aliphatic carbocycles. The Morgan fingerprint density at radius 1 is 1.11 bits per heavy atom. The number of halogens is 1. The van der Waals surface area contributed by atoms with Crippen molar-refractivity contribution in [1.82, 2.24) is 14.8 Å². The molecule has 0 saturated heterocycles. The summed E-state index contributed by atoms with van der Waals surface area (Å²) in [5, 5.41) is 8.42. The van der Waals surface area contributed by atoms with Crippen LogP contribution in [0.4, 0.5) is 0 Å². The Hall–Kier alpha value is -1.35. The van der Waals surface area contributed by atoms with E-state index in [1.165, 1.54) is 5.56 Å². The zero-order chi connectivity index (χ0) is 13.1. The van der Waals surface area contributed by atoms with E-state index in [0.717, 1.165) is 23.8 Å². The van der Waals surface area contributed by atoms with Crippen molar-refractivity contribution >= 4 is 11.6 Å². The van der Waals surface area contributed by atoms with Gasteiger partial charge in [0.15, 0.2) is 5.82 Å². The topological polar surface area (TPSA) is 30.7 Å². The second kappa shape index (κ2) is 5.53. The van der Waals surface area contributed by atoms with E-state index in [-0.39, 0.29) is 0 Å². The van der Waals surface area contributed by atoms with Crippen LogP contribution in [-0.4, -0.2) is 14.8 Å². The summed E-state index contributed by atoms with van der Waals surface area (Å²) in [5.74, 6) is 2.70. The van der Waals surface area contributed by atoms with Crippen LogP contribution in [0.25, 0.3) is 5.69 Å². The predicted octanol–water partition coefficient (Wildman–Crippen LogP) is 3.51. The molecular weight excluding hydrogens is 246 g/mol. The van der Waals surface area contributed by atoms with Crippen molar-refractivity contribution in [3.63, 3.8) is 0 Å². The molecule has 4 heteroatoms. The molecule has 3 nitrogen and oxygen atoms in total. The maximum Gasteiger partial charge on any atom is 0.152 e. The van der Waals surface area contributed by atoms with E-state index in [2.05, 4.69) is 59.8 Å². The number of benzene rings is 1. The zero-order valence-corrected chi connectivity index (χ0v) is 11.8. The molecule has 0 atom stereocenters. The second-order valence-electron chi connectivity index (χ2n) is 4.94. The predicted molar refractivity (Wildman–Crippen MR) is 74.2 cm³/mol. The van der Waals surface area contributed by atoms with E-state index >= 15 is 0 Å². The van der Waals surface area contributed by atoms with Crippen molar-refractivity contribution in [3.8, 4) is 5.69 Å². The van der Waals surface area contributed by atoms with Crippen LogP contribution >= 0.6 is 11.6 Å². The molecule has 1 aromatic heterocycles. The van der Waals surface area contributed by atoms with Crippen molar-refractivity contribution in [2.75, 3.05) is 0 Å². The van der Waals surface area contributed by atoms with Gasteiger partial charge in [-0.25, -0.2) is 0 Å². The molecule has 0 fully saturated rings. The minimum absolute atomic E-state index is 0.374. The van der Waals surface area contributed by atoms with E-state index in [0.29, 0.717) is 11.8 Å². The standard InChI is InChI=1S/C14H18ClN3/c1-10(2)8-13-16-17-14(9-15)18(13)12-6-4-11(3)5-7-12/h4-7,10H,8-9H2,1-3H3. The minimum atomic E-state index is 0.374. The van der Waals surface area contributed by atoms with Crippen LogP contribution in [0.1, 0.15) is 31.1 Å². The molecule has 0 bridgehead atoms. The van der Waals surface area contributed by atoms with E-state index in [1.54, 1.807) is 0 Å². The monoisotopic (exact) mass is 263 g/mol. The fourth-order valence-corrected chi connectivity index (χ4v) is 2.10. The Morgan fingerprint density at radius 2 is 1.72 bits per heavy atom. The third-order valence-electron chi connectivity index (χ3n) is 2.80. The summed E-state index contributed by atoms with van der Waals surface area (Å²) in [6.07, 6.45) is 0.901. The third-order valence-corrected chi connectivity index (χ3v) is 3.04. The van der Waals surface area contributed by atoms with Gasteiger partial charge in [0.2, 0.25) is 0 Å². The lowest BCUT2D eigenvalue weighted by atomic mass is 10.1. The Balaban J connectivity index is 2.46. The van der Waals surface area contributed by atoms with Gasteiger partial charge in [0.05, 0.1) is 5.88 Å². The normalized spacial score (nSPS) is 11.2. The Kier molecular flexibility index (Phi) is 4.02. The van der Waals surface area contributed by atoms with Crippen LogP contribution in [0, 0.1) is 12.8 Å². The van der Waals surface area contributed by atoms with Gasteiger partial charge in [-0.15, -0.1) is 21.8 Å². The Morgan fingerprint density at radius 3 is 2.28 bits per heavy atom. The van der Waals surface area contributed by atoms with Crippen LogP contribution < -0.4 is 0 Å². The first-order valence-electron chi connectivity index (χ1n) is 6.18. The Bertz CT molecular complexity index is 514. The maximum absolute atomic E-state index is 5.94. The molecule has 0 N–H and O–H groups in total.